The van der Waals surface area contributed by atoms with Gasteiger partial charge in [-0.25, -0.2) is 13.8 Å². The molecule has 1 aromatic rings. The predicted octanol–water partition coefficient (Wildman–Crippen LogP) is 3.79. The summed E-state index contributed by atoms with van der Waals surface area (Å²) in [6.07, 6.45) is 5.79. The van der Waals surface area contributed by atoms with Crippen molar-refractivity contribution in [2.24, 2.45) is 18.0 Å². The van der Waals surface area contributed by atoms with Gasteiger partial charge < -0.3 is 10.1 Å². The smallest absolute Gasteiger partial charge is 0.278 e. The van der Waals surface area contributed by atoms with E-state index in [0.717, 1.165) is 25.5 Å². The Kier molecular flexibility index (Phi) is 6.26. The van der Waals surface area contributed by atoms with E-state index < -0.39 is 18.1 Å². The van der Waals surface area contributed by atoms with Crippen molar-refractivity contribution in [3.63, 3.8) is 0 Å². The number of hydrogen-bond donors (Lipinski definition) is 2. The Hall–Kier alpha value is -2.42. The van der Waals surface area contributed by atoms with Crippen LogP contribution in [0, 0.1) is 11.3 Å². The molecule has 0 aromatic carbocycles. The average molecular weight is 423 g/mol. The SMILES string of the molecule is CCSC(=N)/C(=C1/N=CC=C(C2CC2)N1)c1ccc(OCC(C)(F)F)n(C)c1=O. The van der Waals surface area contributed by atoms with Gasteiger partial charge in [-0.15, -0.1) is 11.8 Å². The van der Waals surface area contributed by atoms with Gasteiger partial charge in [0.15, 0.2) is 12.5 Å². The van der Waals surface area contributed by atoms with E-state index in [0.29, 0.717) is 23.1 Å². The molecule has 156 valence electrons. The van der Waals surface area contributed by atoms with Gasteiger partial charge in [0.05, 0.1) is 16.2 Å². The lowest BCUT2D eigenvalue weighted by Crippen LogP contribution is -2.28. The van der Waals surface area contributed by atoms with Gasteiger partial charge in [-0.2, -0.15) is 0 Å². The lowest BCUT2D eigenvalue weighted by atomic mass is 10.1. The standard InChI is InChI=1S/C20H24F2N4O2S/c1-4-29-17(23)16(18-24-10-9-14(25-18)12-5-6-12)13-7-8-15(26(3)19(13)27)28-11-20(2,21)22/h7-10,12,23,25H,4-6,11H2,1-3H3/b18-16-,23-17?. The lowest BCUT2D eigenvalue weighted by Gasteiger charge is -2.20. The zero-order chi connectivity index (χ0) is 21.2. The molecule has 2 heterocycles. The molecule has 0 saturated heterocycles. The van der Waals surface area contributed by atoms with Crippen LogP contribution in [-0.2, 0) is 7.05 Å². The van der Waals surface area contributed by atoms with Crippen LogP contribution in [0.2, 0.25) is 0 Å². The van der Waals surface area contributed by atoms with Crippen LogP contribution in [0.25, 0.3) is 5.57 Å². The number of halogens is 2. The number of allylic oxidation sites excluding steroid dienone is 2. The van der Waals surface area contributed by atoms with Crippen molar-refractivity contribution in [3.8, 4) is 5.88 Å². The molecule has 0 atom stereocenters. The van der Waals surface area contributed by atoms with E-state index in [9.17, 15) is 13.6 Å². The molecule has 6 nitrogen and oxygen atoms in total. The quantitative estimate of drug-likeness (QED) is 0.518. The zero-order valence-corrected chi connectivity index (χ0v) is 17.4. The summed E-state index contributed by atoms with van der Waals surface area (Å²) in [5.41, 5.74) is 1.26. The van der Waals surface area contributed by atoms with Crippen LogP contribution >= 0.6 is 11.8 Å². The summed E-state index contributed by atoms with van der Waals surface area (Å²) in [5, 5.41) is 12.0. The van der Waals surface area contributed by atoms with E-state index in [1.807, 2.05) is 13.0 Å². The first-order valence-corrected chi connectivity index (χ1v) is 10.4. The van der Waals surface area contributed by atoms with Crippen LogP contribution in [0.4, 0.5) is 8.78 Å². The van der Waals surface area contributed by atoms with Gasteiger partial charge in [-0.3, -0.25) is 14.8 Å². The van der Waals surface area contributed by atoms with E-state index in [4.69, 9.17) is 10.1 Å². The second-order valence-electron chi connectivity index (χ2n) is 7.09. The van der Waals surface area contributed by atoms with Gasteiger partial charge in [0.2, 0.25) is 0 Å². The number of nitrogens with one attached hydrogen (secondary N) is 2. The Morgan fingerprint density at radius 3 is 2.79 bits per heavy atom. The average Bonchev–Trinajstić information content (AvgIpc) is 3.50. The zero-order valence-electron chi connectivity index (χ0n) is 16.6. The molecule has 1 aliphatic carbocycles. The van der Waals surface area contributed by atoms with Gasteiger partial charge in [-0.1, -0.05) is 6.92 Å². The number of alkyl halides is 2. The van der Waals surface area contributed by atoms with E-state index in [-0.39, 0.29) is 16.5 Å². The first-order chi connectivity index (χ1) is 13.7. The third-order valence-corrected chi connectivity index (χ3v) is 5.27. The van der Waals surface area contributed by atoms with Crippen LogP contribution in [0.1, 0.15) is 32.3 Å². The monoisotopic (exact) mass is 422 g/mol. The Bertz CT molecular complexity index is 956. The minimum absolute atomic E-state index is 0.0398. The van der Waals surface area contributed by atoms with E-state index >= 15 is 0 Å². The molecule has 9 heteroatoms. The fourth-order valence-electron chi connectivity index (χ4n) is 2.89. The number of nitrogens with zero attached hydrogens (tertiary/aromatic N) is 2. The van der Waals surface area contributed by atoms with Gasteiger partial charge in [0.25, 0.3) is 11.5 Å². The fraction of sp³-hybridized carbons (Fsp3) is 0.450. The maximum atomic E-state index is 13.1. The molecular formula is C20H24F2N4O2S. The van der Waals surface area contributed by atoms with Gasteiger partial charge in [0.1, 0.15) is 5.82 Å². The first kappa shape index (κ1) is 21.3. The highest BCUT2D eigenvalue weighted by molar-refractivity contribution is 8.14. The highest BCUT2D eigenvalue weighted by Crippen LogP contribution is 2.37. The molecule has 0 amide bonds. The van der Waals surface area contributed by atoms with E-state index in [1.165, 1.54) is 35.5 Å². The van der Waals surface area contributed by atoms with Crippen molar-refractivity contribution in [1.29, 1.82) is 5.41 Å². The third-order valence-electron chi connectivity index (χ3n) is 4.49. The Morgan fingerprint density at radius 1 is 1.45 bits per heavy atom. The van der Waals surface area contributed by atoms with Crippen LogP contribution in [0.3, 0.4) is 0 Å². The maximum absolute atomic E-state index is 13.1. The predicted molar refractivity (Wildman–Crippen MR) is 113 cm³/mol. The van der Waals surface area contributed by atoms with Crippen molar-refractivity contribution < 1.29 is 13.5 Å². The number of aliphatic imine (C=N–C) groups is 1. The third kappa shape index (κ3) is 5.14. The van der Waals surface area contributed by atoms with Crippen LogP contribution in [-0.4, -0.2) is 34.1 Å². The first-order valence-electron chi connectivity index (χ1n) is 9.39. The largest absolute Gasteiger partial charge is 0.472 e. The minimum Gasteiger partial charge on any atom is -0.472 e. The molecule has 0 spiro atoms. The highest BCUT2D eigenvalue weighted by atomic mass is 32.2. The van der Waals surface area contributed by atoms with Crippen molar-refractivity contribution >= 4 is 28.6 Å². The Balaban J connectivity index is 2.01. The number of hydrogen-bond acceptors (Lipinski definition) is 6. The van der Waals surface area contributed by atoms with Gasteiger partial charge >= 0.3 is 0 Å². The van der Waals surface area contributed by atoms with E-state index in [1.54, 1.807) is 6.21 Å². The number of thioether (sulfide) groups is 1. The summed E-state index contributed by atoms with van der Waals surface area (Å²) in [6.45, 7) is 1.86. The van der Waals surface area contributed by atoms with Crippen molar-refractivity contribution in [2.45, 2.75) is 32.6 Å². The molecular weight excluding hydrogens is 398 g/mol. The van der Waals surface area contributed by atoms with Gasteiger partial charge in [-0.05, 0) is 42.7 Å². The van der Waals surface area contributed by atoms with Crippen LogP contribution < -0.4 is 15.6 Å². The summed E-state index contributed by atoms with van der Waals surface area (Å²) in [5.74, 6) is -1.39. The fourth-order valence-corrected chi connectivity index (χ4v) is 3.53. The number of aromatic nitrogens is 1. The lowest BCUT2D eigenvalue weighted by molar-refractivity contribution is -0.0252. The van der Waals surface area contributed by atoms with E-state index in [2.05, 4.69) is 10.3 Å². The molecule has 1 fully saturated rings. The second kappa shape index (κ2) is 8.52. The number of rotatable bonds is 7. The summed E-state index contributed by atoms with van der Waals surface area (Å²) in [4.78, 5) is 17.4. The molecule has 2 aliphatic rings. The van der Waals surface area contributed by atoms with Crippen molar-refractivity contribution in [1.82, 2.24) is 9.88 Å². The molecule has 0 radical (unpaired) electrons. The number of ether oxygens (including phenoxy) is 1. The van der Waals surface area contributed by atoms with Crippen LogP contribution in [0.5, 0.6) is 5.88 Å². The van der Waals surface area contributed by atoms with Crippen LogP contribution in [0.15, 0.2) is 39.5 Å². The minimum atomic E-state index is -3.01. The molecule has 1 aromatic heterocycles. The van der Waals surface area contributed by atoms with Crippen molar-refractivity contribution in [2.75, 3.05) is 12.4 Å². The molecule has 29 heavy (non-hydrogen) atoms. The number of pyridine rings is 1. The normalized spacial score (nSPS) is 18.2. The summed E-state index contributed by atoms with van der Waals surface area (Å²) >= 11 is 1.30. The molecule has 2 N–H and O–H groups in total. The molecule has 0 bridgehead atoms. The molecule has 3 rings (SSSR count). The van der Waals surface area contributed by atoms with Gasteiger partial charge in [0, 0.05) is 25.9 Å². The molecule has 1 saturated carbocycles. The molecule has 0 unspecified atom stereocenters. The molecule has 1 aliphatic heterocycles. The Morgan fingerprint density at radius 2 is 2.17 bits per heavy atom. The summed E-state index contributed by atoms with van der Waals surface area (Å²) in [7, 11) is 1.46. The maximum Gasteiger partial charge on any atom is 0.278 e. The summed E-state index contributed by atoms with van der Waals surface area (Å²) < 4.78 is 32.5. The van der Waals surface area contributed by atoms with Crippen molar-refractivity contribution in [3.05, 3.63) is 45.6 Å². The highest BCUT2D eigenvalue weighted by Gasteiger charge is 2.29. The second-order valence-corrected chi connectivity index (χ2v) is 8.37. The topological polar surface area (TPSA) is 79.5 Å². The Labute approximate surface area is 172 Å². The summed E-state index contributed by atoms with van der Waals surface area (Å²) in [6, 6.07) is 2.97.